The Morgan fingerprint density at radius 3 is 2.23 bits per heavy atom. The molecule has 0 aliphatic heterocycles. The van der Waals surface area contributed by atoms with Gasteiger partial charge in [-0.1, -0.05) is 0 Å². The zero-order valence-corrected chi connectivity index (χ0v) is 8.73. The van der Waals surface area contributed by atoms with Crippen molar-refractivity contribution in [1.29, 1.82) is 0 Å². The topological polar surface area (TPSA) is 63.3 Å². The van der Waals surface area contributed by atoms with Crippen LogP contribution in [0.2, 0.25) is 0 Å². The number of thiophene rings is 1. The van der Waals surface area contributed by atoms with Crippen molar-refractivity contribution in [2.45, 2.75) is 26.8 Å². The summed E-state index contributed by atoms with van der Waals surface area (Å²) in [6.07, 6.45) is 0. The standard InChI is InChI=1S/C9H13NO2S/c1-4-5(2)13-6(3)7(4)8(10)9(11)12/h8H,10H2,1-3H3,(H,11,12). The summed E-state index contributed by atoms with van der Waals surface area (Å²) >= 11 is 1.60. The van der Waals surface area contributed by atoms with Crippen LogP contribution in [0.3, 0.4) is 0 Å². The molecule has 0 spiro atoms. The van der Waals surface area contributed by atoms with Crippen LogP contribution in [-0.2, 0) is 4.79 Å². The van der Waals surface area contributed by atoms with Gasteiger partial charge in [-0.15, -0.1) is 11.3 Å². The van der Waals surface area contributed by atoms with E-state index in [0.717, 1.165) is 20.9 Å². The largest absolute Gasteiger partial charge is 0.480 e. The number of carboxylic acids is 1. The molecule has 0 saturated carbocycles. The number of aliphatic carboxylic acids is 1. The smallest absolute Gasteiger partial charge is 0.325 e. The second-order valence-corrected chi connectivity index (χ2v) is 4.50. The molecule has 0 aromatic carbocycles. The lowest BCUT2D eigenvalue weighted by molar-refractivity contribution is -0.138. The molecule has 0 saturated heterocycles. The molecule has 0 aliphatic rings. The number of aryl methyl sites for hydroxylation is 2. The summed E-state index contributed by atoms with van der Waals surface area (Å²) in [5.41, 5.74) is 7.34. The molecule has 0 radical (unpaired) electrons. The molecule has 13 heavy (non-hydrogen) atoms. The van der Waals surface area contributed by atoms with Gasteiger partial charge in [0.15, 0.2) is 0 Å². The van der Waals surface area contributed by atoms with Gasteiger partial charge in [0.1, 0.15) is 6.04 Å². The molecular formula is C9H13NO2S. The van der Waals surface area contributed by atoms with Crippen LogP contribution in [0.1, 0.15) is 26.9 Å². The first-order valence-corrected chi connectivity index (χ1v) is 4.81. The Kier molecular flexibility index (Phi) is 2.73. The molecule has 0 amide bonds. The van der Waals surface area contributed by atoms with E-state index in [1.54, 1.807) is 11.3 Å². The third-order valence-electron chi connectivity index (χ3n) is 2.19. The van der Waals surface area contributed by atoms with Crippen LogP contribution < -0.4 is 5.73 Å². The summed E-state index contributed by atoms with van der Waals surface area (Å²) in [6, 6.07) is -0.884. The lowest BCUT2D eigenvalue weighted by Crippen LogP contribution is -2.21. The van der Waals surface area contributed by atoms with Gasteiger partial charge in [0, 0.05) is 9.75 Å². The van der Waals surface area contributed by atoms with Crippen molar-refractivity contribution in [3.63, 3.8) is 0 Å². The molecule has 1 rings (SSSR count). The summed E-state index contributed by atoms with van der Waals surface area (Å²) in [5, 5.41) is 8.77. The fourth-order valence-electron chi connectivity index (χ4n) is 1.39. The number of hydrogen-bond acceptors (Lipinski definition) is 3. The van der Waals surface area contributed by atoms with E-state index in [1.165, 1.54) is 0 Å². The number of rotatable bonds is 2. The summed E-state index contributed by atoms with van der Waals surface area (Å²) in [5.74, 6) is -0.969. The fraction of sp³-hybridized carbons (Fsp3) is 0.444. The Bertz CT molecular complexity index is 344. The summed E-state index contributed by atoms with van der Waals surface area (Å²) in [7, 11) is 0. The molecule has 1 aromatic heterocycles. The Hall–Kier alpha value is -0.870. The second kappa shape index (κ2) is 3.47. The molecule has 3 N–H and O–H groups in total. The van der Waals surface area contributed by atoms with E-state index < -0.39 is 12.0 Å². The average Bonchev–Trinajstić information content (AvgIpc) is 2.26. The predicted octanol–water partition coefficient (Wildman–Crippen LogP) is 1.76. The zero-order valence-electron chi connectivity index (χ0n) is 7.92. The van der Waals surface area contributed by atoms with Gasteiger partial charge in [0.25, 0.3) is 0 Å². The predicted molar refractivity (Wildman–Crippen MR) is 53.1 cm³/mol. The Morgan fingerprint density at radius 2 is 1.92 bits per heavy atom. The van der Waals surface area contributed by atoms with Crippen LogP contribution in [0, 0.1) is 20.8 Å². The minimum atomic E-state index is -0.969. The van der Waals surface area contributed by atoms with Crippen LogP contribution >= 0.6 is 11.3 Å². The molecule has 0 aliphatic carbocycles. The van der Waals surface area contributed by atoms with Gasteiger partial charge in [-0.3, -0.25) is 4.79 Å². The van der Waals surface area contributed by atoms with Crippen LogP contribution in [0.25, 0.3) is 0 Å². The molecule has 4 heteroatoms. The maximum absolute atomic E-state index is 10.7. The van der Waals surface area contributed by atoms with Gasteiger partial charge in [-0.2, -0.15) is 0 Å². The van der Waals surface area contributed by atoms with Crippen molar-refractivity contribution in [2.24, 2.45) is 5.73 Å². The Morgan fingerprint density at radius 1 is 1.38 bits per heavy atom. The molecule has 1 unspecified atom stereocenters. The van der Waals surface area contributed by atoms with Crippen molar-refractivity contribution in [3.05, 3.63) is 20.9 Å². The highest BCUT2D eigenvalue weighted by atomic mass is 32.1. The molecule has 72 valence electrons. The van der Waals surface area contributed by atoms with E-state index in [-0.39, 0.29) is 0 Å². The molecule has 1 atom stereocenters. The molecule has 1 heterocycles. The van der Waals surface area contributed by atoms with Gasteiger partial charge in [-0.05, 0) is 31.9 Å². The van der Waals surface area contributed by atoms with Crippen molar-refractivity contribution < 1.29 is 9.90 Å². The maximum Gasteiger partial charge on any atom is 0.325 e. The number of carbonyl (C=O) groups is 1. The quantitative estimate of drug-likeness (QED) is 0.762. The van der Waals surface area contributed by atoms with Gasteiger partial charge >= 0.3 is 5.97 Å². The Labute approximate surface area is 81.2 Å². The first kappa shape index (κ1) is 10.2. The first-order valence-electron chi connectivity index (χ1n) is 4.00. The van der Waals surface area contributed by atoms with E-state index in [0.29, 0.717) is 0 Å². The van der Waals surface area contributed by atoms with Crippen molar-refractivity contribution >= 4 is 17.3 Å². The second-order valence-electron chi connectivity index (χ2n) is 3.07. The van der Waals surface area contributed by atoms with Gasteiger partial charge in [0.05, 0.1) is 0 Å². The van der Waals surface area contributed by atoms with Crippen LogP contribution in [0.5, 0.6) is 0 Å². The van der Waals surface area contributed by atoms with E-state index >= 15 is 0 Å². The highest BCUT2D eigenvalue weighted by molar-refractivity contribution is 7.12. The molecule has 3 nitrogen and oxygen atoms in total. The third kappa shape index (κ3) is 1.73. The summed E-state index contributed by atoms with van der Waals surface area (Å²) in [4.78, 5) is 12.8. The van der Waals surface area contributed by atoms with E-state index in [2.05, 4.69) is 0 Å². The molecule has 1 aromatic rings. The minimum absolute atomic E-state index is 0.773. The third-order valence-corrected chi connectivity index (χ3v) is 3.33. The van der Waals surface area contributed by atoms with E-state index in [1.807, 2.05) is 20.8 Å². The number of nitrogens with two attached hydrogens (primary N) is 1. The number of hydrogen-bond donors (Lipinski definition) is 2. The summed E-state index contributed by atoms with van der Waals surface area (Å²) in [6.45, 7) is 5.80. The maximum atomic E-state index is 10.7. The molecule has 0 fully saturated rings. The zero-order chi connectivity index (χ0) is 10.2. The van der Waals surface area contributed by atoms with E-state index in [9.17, 15) is 4.79 Å². The van der Waals surface area contributed by atoms with Crippen LogP contribution in [0.4, 0.5) is 0 Å². The number of carboxylic acid groups (broad SMARTS) is 1. The van der Waals surface area contributed by atoms with Crippen LogP contribution in [0.15, 0.2) is 0 Å². The lowest BCUT2D eigenvalue weighted by atomic mass is 10.0. The minimum Gasteiger partial charge on any atom is -0.480 e. The normalized spacial score (nSPS) is 12.9. The van der Waals surface area contributed by atoms with E-state index in [4.69, 9.17) is 10.8 Å². The lowest BCUT2D eigenvalue weighted by Gasteiger charge is -2.07. The van der Waals surface area contributed by atoms with Gasteiger partial charge < -0.3 is 10.8 Å². The van der Waals surface area contributed by atoms with Crippen molar-refractivity contribution in [3.8, 4) is 0 Å². The Balaban J connectivity index is 3.20. The molecular weight excluding hydrogens is 186 g/mol. The monoisotopic (exact) mass is 199 g/mol. The highest BCUT2D eigenvalue weighted by Crippen LogP contribution is 2.30. The first-order chi connectivity index (χ1) is 5.95. The highest BCUT2D eigenvalue weighted by Gasteiger charge is 2.21. The van der Waals surface area contributed by atoms with Gasteiger partial charge in [0.2, 0.25) is 0 Å². The van der Waals surface area contributed by atoms with Crippen molar-refractivity contribution in [2.75, 3.05) is 0 Å². The van der Waals surface area contributed by atoms with Crippen molar-refractivity contribution in [1.82, 2.24) is 0 Å². The summed E-state index contributed by atoms with van der Waals surface area (Å²) < 4.78 is 0. The fourth-order valence-corrected chi connectivity index (χ4v) is 2.50. The van der Waals surface area contributed by atoms with Gasteiger partial charge in [-0.25, -0.2) is 0 Å². The molecule has 0 bridgehead atoms. The average molecular weight is 199 g/mol. The SMILES string of the molecule is Cc1sc(C)c(C(N)C(=O)O)c1C. The van der Waals surface area contributed by atoms with Crippen LogP contribution in [-0.4, -0.2) is 11.1 Å².